The fourth-order valence-electron chi connectivity index (χ4n) is 1.95. The van der Waals surface area contributed by atoms with E-state index in [0.29, 0.717) is 0 Å². The molecule has 0 atom stereocenters. The molecule has 0 bridgehead atoms. The highest BCUT2D eigenvalue weighted by atomic mass is 31.0. The first-order chi connectivity index (χ1) is 7.41. The summed E-state index contributed by atoms with van der Waals surface area (Å²) in [7, 11) is 4.22. The van der Waals surface area contributed by atoms with E-state index in [9.17, 15) is 0 Å². The molecule has 0 amide bonds. The second kappa shape index (κ2) is 14.4. The van der Waals surface area contributed by atoms with Crippen molar-refractivity contribution in [3.05, 3.63) is 0 Å². The zero-order chi connectivity index (χ0) is 11.2. The van der Waals surface area contributed by atoms with Crippen molar-refractivity contribution in [3.63, 3.8) is 0 Å². The van der Waals surface area contributed by atoms with Crippen molar-refractivity contribution in [2.45, 2.75) is 84.0 Å². The van der Waals surface area contributed by atoms with E-state index in [1.54, 1.807) is 0 Å². The van der Waals surface area contributed by atoms with Gasteiger partial charge in [-0.2, -0.15) is 0 Å². The van der Waals surface area contributed by atoms with Crippen LogP contribution in [0.2, 0.25) is 0 Å². The van der Waals surface area contributed by atoms with Crippen molar-refractivity contribution >= 4 is 9.24 Å². The maximum atomic E-state index is 4.22. The van der Waals surface area contributed by atoms with Crippen LogP contribution in [0.4, 0.5) is 0 Å². The van der Waals surface area contributed by atoms with Crippen LogP contribution < -0.4 is 0 Å². The van der Waals surface area contributed by atoms with E-state index in [2.05, 4.69) is 16.2 Å². The molecule has 0 fully saturated rings. The first kappa shape index (κ1) is 15.4. The van der Waals surface area contributed by atoms with Gasteiger partial charge in [0.05, 0.1) is 0 Å². The minimum Gasteiger partial charge on any atom is -0.0654 e. The molecule has 90 valence electrons. The van der Waals surface area contributed by atoms with Crippen LogP contribution in [0.1, 0.15) is 84.0 Å². The zero-order valence-electron chi connectivity index (χ0n) is 10.6. The molecule has 0 spiro atoms. The van der Waals surface area contributed by atoms with E-state index < -0.39 is 0 Å². The Bertz CT molecular complexity index is 89.5. The summed E-state index contributed by atoms with van der Waals surface area (Å²) >= 11 is 0. The molecule has 0 nitrogen and oxygen atoms in total. The van der Waals surface area contributed by atoms with E-state index in [1.165, 1.54) is 77.0 Å². The average molecular weight is 228 g/mol. The summed E-state index contributed by atoms with van der Waals surface area (Å²) in [6.07, 6.45) is 18.2. The second-order valence-electron chi connectivity index (χ2n) is 4.61. The SMILES string of the molecule is CCCCCCCCCCCCCC[P]. The number of unbranched alkanes of at least 4 members (excludes halogenated alkanes) is 11. The van der Waals surface area contributed by atoms with Gasteiger partial charge in [0, 0.05) is 0 Å². The lowest BCUT2D eigenvalue weighted by Crippen LogP contribution is -1.82. The zero-order valence-corrected chi connectivity index (χ0v) is 11.5. The Hall–Kier alpha value is 0.430. The highest BCUT2D eigenvalue weighted by Gasteiger charge is 1.92. The molecular weight excluding hydrogens is 199 g/mol. The first-order valence-electron chi connectivity index (χ1n) is 7.02. The van der Waals surface area contributed by atoms with Crippen LogP contribution in [0.5, 0.6) is 0 Å². The van der Waals surface area contributed by atoms with Gasteiger partial charge >= 0.3 is 0 Å². The smallest absolute Gasteiger partial charge is 0.0242 e. The summed E-state index contributed by atoms with van der Waals surface area (Å²) in [5.41, 5.74) is 0. The number of rotatable bonds is 12. The molecule has 0 N–H and O–H groups in total. The molecule has 0 saturated heterocycles. The Kier molecular flexibility index (Phi) is 14.8. The summed E-state index contributed by atoms with van der Waals surface area (Å²) in [5.74, 6) is 0. The minimum absolute atomic E-state index is 1.07. The van der Waals surface area contributed by atoms with E-state index in [-0.39, 0.29) is 0 Å². The molecule has 1 heteroatoms. The lowest BCUT2D eigenvalue weighted by molar-refractivity contribution is 0.548. The molecule has 0 aliphatic carbocycles. The molecule has 0 rings (SSSR count). The van der Waals surface area contributed by atoms with Gasteiger partial charge in [-0.3, -0.25) is 0 Å². The van der Waals surface area contributed by atoms with Crippen molar-refractivity contribution in [2.75, 3.05) is 6.16 Å². The highest BCUT2D eigenvalue weighted by molar-refractivity contribution is 7.16. The molecule has 0 saturated carbocycles. The quantitative estimate of drug-likeness (QED) is 0.280. The maximum absolute atomic E-state index is 4.22. The standard InChI is InChI=1S/C14H29P/c1-2-3-4-5-6-7-8-9-10-11-12-13-14-15/h2-14H2,1H3. The second-order valence-corrected chi connectivity index (χ2v) is 5.06. The van der Waals surface area contributed by atoms with Gasteiger partial charge in [0.2, 0.25) is 0 Å². The van der Waals surface area contributed by atoms with Crippen LogP contribution in [0.25, 0.3) is 0 Å². The summed E-state index contributed by atoms with van der Waals surface area (Å²) in [6, 6.07) is 0. The van der Waals surface area contributed by atoms with Crippen LogP contribution >= 0.6 is 9.24 Å². The fraction of sp³-hybridized carbons (Fsp3) is 1.00. The van der Waals surface area contributed by atoms with Crippen LogP contribution in [-0.4, -0.2) is 6.16 Å². The van der Waals surface area contributed by atoms with Gasteiger partial charge in [-0.1, -0.05) is 77.6 Å². The van der Waals surface area contributed by atoms with Crippen LogP contribution in [0.15, 0.2) is 0 Å². The first-order valence-corrected chi connectivity index (χ1v) is 7.66. The maximum Gasteiger partial charge on any atom is -0.0242 e. The predicted molar refractivity (Wildman–Crippen MR) is 72.9 cm³/mol. The van der Waals surface area contributed by atoms with Gasteiger partial charge in [0.1, 0.15) is 0 Å². The van der Waals surface area contributed by atoms with Crippen molar-refractivity contribution < 1.29 is 0 Å². The Balaban J connectivity index is 2.81. The van der Waals surface area contributed by atoms with Crippen LogP contribution in [0.3, 0.4) is 0 Å². The van der Waals surface area contributed by atoms with Crippen molar-refractivity contribution in [1.82, 2.24) is 0 Å². The molecular formula is C14H29P. The topological polar surface area (TPSA) is 0 Å². The van der Waals surface area contributed by atoms with E-state index in [1.807, 2.05) is 0 Å². The molecule has 0 unspecified atom stereocenters. The normalized spacial score (nSPS) is 10.8. The monoisotopic (exact) mass is 228 g/mol. The fourth-order valence-corrected chi connectivity index (χ4v) is 2.18. The van der Waals surface area contributed by atoms with Gasteiger partial charge in [-0.05, 0) is 21.8 Å². The van der Waals surface area contributed by atoms with Gasteiger partial charge in [-0.25, -0.2) is 0 Å². The average Bonchev–Trinajstić information content (AvgIpc) is 2.26. The summed E-state index contributed by atoms with van der Waals surface area (Å²) in [4.78, 5) is 0. The van der Waals surface area contributed by atoms with E-state index in [4.69, 9.17) is 0 Å². The number of hydrogen-bond donors (Lipinski definition) is 0. The minimum atomic E-state index is 1.07. The summed E-state index contributed by atoms with van der Waals surface area (Å²) in [6.45, 7) is 2.28. The molecule has 0 aromatic heterocycles. The molecule has 15 heavy (non-hydrogen) atoms. The van der Waals surface area contributed by atoms with Gasteiger partial charge in [0.15, 0.2) is 0 Å². The lowest BCUT2D eigenvalue weighted by Gasteiger charge is -2.01. The Morgan fingerprint density at radius 1 is 0.533 bits per heavy atom. The Morgan fingerprint density at radius 3 is 1.20 bits per heavy atom. The van der Waals surface area contributed by atoms with Gasteiger partial charge < -0.3 is 0 Å². The lowest BCUT2D eigenvalue weighted by atomic mass is 10.1. The molecule has 0 aromatic rings. The molecule has 0 aromatic carbocycles. The van der Waals surface area contributed by atoms with Crippen molar-refractivity contribution in [1.29, 1.82) is 0 Å². The highest BCUT2D eigenvalue weighted by Crippen LogP contribution is 2.11. The molecule has 2 radical (unpaired) electrons. The summed E-state index contributed by atoms with van der Waals surface area (Å²) < 4.78 is 0. The molecule has 0 aliphatic heterocycles. The largest absolute Gasteiger partial charge is 0.0654 e. The van der Waals surface area contributed by atoms with E-state index >= 15 is 0 Å². The predicted octanol–water partition coefficient (Wildman–Crippen LogP) is 6.10. The third kappa shape index (κ3) is 14.4. The van der Waals surface area contributed by atoms with E-state index in [0.717, 1.165) is 6.16 Å². The van der Waals surface area contributed by atoms with Crippen LogP contribution in [0, 0.1) is 0 Å². The molecule has 0 aliphatic rings. The van der Waals surface area contributed by atoms with Crippen molar-refractivity contribution in [2.24, 2.45) is 0 Å². The third-order valence-corrected chi connectivity index (χ3v) is 3.33. The Labute approximate surface area is 99.8 Å². The Morgan fingerprint density at radius 2 is 0.867 bits per heavy atom. The van der Waals surface area contributed by atoms with Crippen molar-refractivity contribution in [3.8, 4) is 0 Å². The van der Waals surface area contributed by atoms with Crippen LogP contribution in [-0.2, 0) is 0 Å². The third-order valence-electron chi connectivity index (χ3n) is 3.01. The summed E-state index contributed by atoms with van der Waals surface area (Å²) in [5, 5.41) is 0. The van der Waals surface area contributed by atoms with Gasteiger partial charge in [-0.15, -0.1) is 0 Å². The molecule has 0 heterocycles. The van der Waals surface area contributed by atoms with Gasteiger partial charge in [0.25, 0.3) is 0 Å². The number of hydrogen-bond acceptors (Lipinski definition) is 0.